The van der Waals surface area contributed by atoms with Crippen molar-refractivity contribution in [2.45, 2.75) is 19.9 Å². The summed E-state index contributed by atoms with van der Waals surface area (Å²) in [6.07, 6.45) is 0. The summed E-state index contributed by atoms with van der Waals surface area (Å²) in [5, 5.41) is 7.52. The van der Waals surface area contributed by atoms with Gasteiger partial charge < -0.3 is 10.6 Å². The van der Waals surface area contributed by atoms with Crippen LogP contribution in [0, 0.1) is 0 Å². The topological polar surface area (TPSA) is 49.8 Å². The van der Waals surface area contributed by atoms with Crippen molar-refractivity contribution in [3.8, 4) is 11.3 Å². The maximum atomic E-state index is 6.09. The summed E-state index contributed by atoms with van der Waals surface area (Å²) >= 11 is 12.1. The molecule has 1 aromatic heterocycles. The zero-order valence-corrected chi connectivity index (χ0v) is 16.7. The largest absolute Gasteiger partial charge is 0.352 e. The Hall–Kier alpha value is -2.01. The van der Waals surface area contributed by atoms with E-state index >= 15 is 0 Å². The van der Waals surface area contributed by atoms with Crippen LogP contribution in [-0.2, 0) is 0 Å². The van der Waals surface area contributed by atoms with Crippen molar-refractivity contribution in [3.63, 3.8) is 0 Å². The first kappa shape index (κ1) is 20.3. The van der Waals surface area contributed by atoms with Crippen molar-refractivity contribution in [2.24, 2.45) is 0 Å². The highest BCUT2D eigenvalue weighted by Crippen LogP contribution is 2.28. The summed E-state index contributed by atoms with van der Waals surface area (Å²) in [6, 6.07) is 17.5. The lowest BCUT2D eigenvalue weighted by atomic mass is 10.1. The Morgan fingerprint density at radius 3 is 2.27 bits per heavy atom. The SMILES string of the molecule is CC(C)Nc1nc(Nc2ccc(Cl)c(Cl)c2)cc(-c2ccccc2)n1.Cl. The van der Waals surface area contributed by atoms with E-state index in [0.717, 1.165) is 16.9 Å². The van der Waals surface area contributed by atoms with Crippen LogP contribution in [0.1, 0.15) is 13.8 Å². The van der Waals surface area contributed by atoms with E-state index in [0.29, 0.717) is 21.8 Å². The maximum absolute atomic E-state index is 6.09. The summed E-state index contributed by atoms with van der Waals surface area (Å²) in [6.45, 7) is 4.09. The Morgan fingerprint density at radius 2 is 1.62 bits per heavy atom. The molecule has 4 nitrogen and oxygen atoms in total. The van der Waals surface area contributed by atoms with Crippen molar-refractivity contribution in [2.75, 3.05) is 10.6 Å². The predicted molar refractivity (Wildman–Crippen MR) is 113 cm³/mol. The van der Waals surface area contributed by atoms with E-state index in [4.69, 9.17) is 23.2 Å². The van der Waals surface area contributed by atoms with Gasteiger partial charge in [0.2, 0.25) is 5.95 Å². The third-order valence-corrected chi connectivity index (χ3v) is 4.14. The molecule has 0 radical (unpaired) electrons. The highest BCUT2D eigenvalue weighted by molar-refractivity contribution is 6.42. The van der Waals surface area contributed by atoms with Crippen molar-refractivity contribution in [1.82, 2.24) is 9.97 Å². The first-order valence-electron chi connectivity index (χ1n) is 7.94. The number of aromatic nitrogens is 2. The van der Waals surface area contributed by atoms with E-state index in [2.05, 4.69) is 20.6 Å². The summed E-state index contributed by atoms with van der Waals surface area (Å²) < 4.78 is 0. The van der Waals surface area contributed by atoms with Gasteiger partial charge in [0.15, 0.2) is 0 Å². The fourth-order valence-corrected chi connectivity index (χ4v) is 2.61. The zero-order valence-electron chi connectivity index (χ0n) is 14.3. The minimum Gasteiger partial charge on any atom is -0.352 e. The molecule has 0 bridgehead atoms. The van der Waals surface area contributed by atoms with Crippen LogP contribution in [0.5, 0.6) is 0 Å². The molecule has 0 unspecified atom stereocenters. The molecule has 0 aliphatic rings. The van der Waals surface area contributed by atoms with Crippen molar-refractivity contribution >= 4 is 53.1 Å². The monoisotopic (exact) mass is 408 g/mol. The molecular formula is C19H19Cl3N4. The molecular weight excluding hydrogens is 391 g/mol. The Labute approximate surface area is 169 Å². The minimum absolute atomic E-state index is 0. The fourth-order valence-electron chi connectivity index (χ4n) is 2.31. The van der Waals surface area contributed by atoms with Crippen LogP contribution < -0.4 is 10.6 Å². The van der Waals surface area contributed by atoms with E-state index in [1.165, 1.54) is 0 Å². The molecule has 0 saturated carbocycles. The number of rotatable bonds is 5. The summed E-state index contributed by atoms with van der Waals surface area (Å²) in [4.78, 5) is 9.14. The summed E-state index contributed by atoms with van der Waals surface area (Å²) in [7, 11) is 0. The van der Waals surface area contributed by atoms with Crippen LogP contribution in [0.25, 0.3) is 11.3 Å². The van der Waals surface area contributed by atoms with Gasteiger partial charge in [-0.1, -0.05) is 53.5 Å². The van der Waals surface area contributed by atoms with Crippen molar-refractivity contribution < 1.29 is 0 Å². The number of anilines is 3. The van der Waals surface area contributed by atoms with E-state index in [1.807, 2.05) is 56.3 Å². The molecule has 3 rings (SSSR count). The zero-order chi connectivity index (χ0) is 17.8. The second kappa shape index (κ2) is 9.08. The standard InChI is InChI=1S/C19H18Cl2N4.ClH/c1-12(2)22-19-24-17(13-6-4-3-5-7-13)11-18(25-19)23-14-8-9-15(20)16(21)10-14;/h3-12H,1-2H3,(H2,22,23,24,25);1H. The lowest BCUT2D eigenvalue weighted by Gasteiger charge is -2.13. The molecule has 0 aliphatic carbocycles. The van der Waals surface area contributed by atoms with Crippen LogP contribution in [-0.4, -0.2) is 16.0 Å². The predicted octanol–water partition coefficient (Wildman–Crippen LogP) is 6.44. The van der Waals surface area contributed by atoms with Gasteiger partial charge in [-0.15, -0.1) is 12.4 Å². The molecule has 2 aromatic carbocycles. The van der Waals surface area contributed by atoms with Gasteiger partial charge in [0.05, 0.1) is 15.7 Å². The smallest absolute Gasteiger partial charge is 0.225 e. The number of benzene rings is 2. The molecule has 3 aromatic rings. The highest BCUT2D eigenvalue weighted by Gasteiger charge is 2.09. The van der Waals surface area contributed by atoms with E-state index in [-0.39, 0.29) is 18.4 Å². The highest BCUT2D eigenvalue weighted by atomic mass is 35.5. The number of nitrogens with one attached hydrogen (secondary N) is 2. The summed E-state index contributed by atoms with van der Waals surface area (Å²) in [5.74, 6) is 1.24. The van der Waals surface area contributed by atoms with E-state index < -0.39 is 0 Å². The number of hydrogen-bond acceptors (Lipinski definition) is 4. The molecule has 0 fully saturated rings. The van der Waals surface area contributed by atoms with Gasteiger partial charge in [-0.2, -0.15) is 4.98 Å². The van der Waals surface area contributed by atoms with Gasteiger partial charge in [-0.25, -0.2) is 4.98 Å². The molecule has 0 amide bonds. The third-order valence-electron chi connectivity index (χ3n) is 3.41. The second-order valence-electron chi connectivity index (χ2n) is 5.88. The van der Waals surface area contributed by atoms with Crippen LogP contribution in [0.4, 0.5) is 17.5 Å². The Kier molecular flexibility index (Phi) is 7.09. The van der Waals surface area contributed by atoms with Crippen LogP contribution >= 0.6 is 35.6 Å². The molecule has 136 valence electrons. The average Bonchev–Trinajstić information content (AvgIpc) is 2.58. The third kappa shape index (κ3) is 5.24. The van der Waals surface area contributed by atoms with Crippen molar-refractivity contribution in [3.05, 3.63) is 64.6 Å². The second-order valence-corrected chi connectivity index (χ2v) is 6.70. The molecule has 26 heavy (non-hydrogen) atoms. The average molecular weight is 410 g/mol. The Bertz CT molecular complexity index is 870. The molecule has 0 atom stereocenters. The van der Waals surface area contributed by atoms with Crippen molar-refractivity contribution in [1.29, 1.82) is 0 Å². The first-order valence-corrected chi connectivity index (χ1v) is 8.70. The Balaban J connectivity index is 0.00000243. The maximum Gasteiger partial charge on any atom is 0.225 e. The Morgan fingerprint density at radius 1 is 0.885 bits per heavy atom. The quantitative estimate of drug-likeness (QED) is 0.509. The van der Waals surface area contributed by atoms with Gasteiger partial charge in [0.25, 0.3) is 0 Å². The van der Waals surface area contributed by atoms with Crippen LogP contribution in [0.15, 0.2) is 54.6 Å². The molecule has 0 spiro atoms. The number of hydrogen-bond donors (Lipinski definition) is 2. The van der Waals surface area contributed by atoms with Gasteiger partial charge in [-0.3, -0.25) is 0 Å². The molecule has 0 saturated heterocycles. The van der Waals surface area contributed by atoms with Gasteiger partial charge in [0.1, 0.15) is 5.82 Å². The van der Waals surface area contributed by atoms with Crippen LogP contribution in [0.2, 0.25) is 10.0 Å². The number of nitrogens with zero attached hydrogens (tertiary/aromatic N) is 2. The van der Waals surface area contributed by atoms with Crippen LogP contribution in [0.3, 0.4) is 0 Å². The van der Waals surface area contributed by atoms with E-state index in [9.17, 15) is 0 Å². The normalized spacial score (nSPS) is 10.3. The fraction of sp³-hybridized carbons (Fsp3) is 0.158. The summed E-state index contributed by atoms with van der Waals surface area (Å²) in [5.41, 5.74) is 2.66. The molecule has 0 aliphatic heterocycles. The van der Waals surface area contributed by atoms with Gasteiger partial charge in [0, 0.05) is 23.4 Å². The molecule has 7 heteroatoms. The lowest BCUT2D eigenvalue weighted by molar-refractivity contribution is 0.876. The van der Waals surface area contributed by atoms with Gasteiger partial charge in [-0.05, 0) is 32.0 Å². The van der Waals surface area contributed by atoms with Gasteiger partial charge >= 0.3 is 0 Å². The minimum atomic E-state index is 0. The molecule has 2 N–H and O–H groups in total. The number of halogens is 3. The molecule has 1 heterocycles. The lowest BCUT2D eigenvalue weighted by Crippen LogP contribution is -2.13. The first-order chi connectivity index (χ1) is 12.0. The van der Waals surface area contributed by atoms with E-state index in [1.54, 1.807) is 12.1 Å².